The largest absolute Gasteiger partial charge is 0.465 e. The lowest BCUT2D eigenvalue weighted by molar-refractivity contribution is -0.152. The number of methoxy groups -OCH3 is 1. The molecule has 7 nitrogen and oxygen atoms in total. The number of amides is 1. The third kappa shape index (κ3) is 3.27. The predicted molar refractivity (Wildman–Crippen MR) is 63.5 cm³/mol. The van der Waals surface area contributed by atoms with E-state index in [2.05, 4.69) is 19.8 Å². The summed E-state index contributed by atoms with van der Waals surface area (Å²) in [5.74, 6) is -2.46. The molecule has 1 rings (SSSR count). The Labute approximate surface area is 107 Å². The molecule has 18 heavy (non-hydrogen) atoms. The Morgan fingerprint density at radius 1 is 1.39 bits per heavy atom. The summed E-state index contributed by atoms with van der Waals surface area (Å²) in [5.41, 5.74) is 0.422. The Bertz CT molecular complexity index is 483. The minimum atomic E-state index is -0.995. The third-order valence-corrected chi connectivity index (χ3v) is 2.90. The Hall–Kier alpha value is -1.96. The van der Waals surface area contributed by atoms with Gasteiger partial charge in [-0.3, -0.25) is 10.1 Å². The summed E-state index contributed by atoms with van der Waals surface area (Å²) in [6, 6.07) is 0. The molecule has 0 aliphatic rings. The molecule has 8 heteroatoms. The summed E-state index contributed by atoms with van der Waals surface area (Å²) >= 11 is 0.931. The number of carbonyl (C=O) groups excluding carboxylic acids is 3. The lowest BCUT2D eigenvalue weighted by Crippen LogP contribution is -2.24. The number of aromatic nitrogens is 1. The fourth-order valence-corrected chi connectivity index (χ4v) is 1.96. The predicted octanol–water partition coefficient (Wildman–Crippen LogP) is 0.740. The van der Waals surface area contributed by atoms with Gasteiger partial charge in [-0.15, -0.1) is 0 Å². The van der Waals surface area contributed by atoms with Gasteiger partial charge in [-0.25, -0.2) is 14.6 Å². The summed E-state index contributed by atoms with van der Waals surface area (Å²) in [5, 5.41) is 2.40. The first kappa shape index (κ1) is 14.1. The number of hydrogen-bond acceptors (Lipinski definition) is 7. The number of nitrogens with zero attached hydrogens (tertiary/aromatic N) is 1. The van der Waals surface area contributed by atoms with Crippen LogP contribution < -0.4 is 5.32 Å². The molecule has 0 aliphatic heterocycles. The average Bonchev–Trinajstić information content (AvgIpc) is 2.69. The van der Waals surface area contributed by atoms with E-state index in [0.29, 0.717) is 5.69 Å². The van der Waals surface area contributed by atoms with E-state index in [1.54, 1.807) is 13.8 Å². The fraction of sp³-hybridized carbons (Fsp3) is 0.400. The van der Waals surface area contributed by atoms with E-state index in [0.717, 1.165) is 11.3 Å². The molecule has 0 saturated heterocycles. The minimum absolute atomic E-state index is 0.108. The Balaban J connectivity index is 2.77. The van der Waals surface area contributed by atoms with Crippen molar-refractivity contribution in [1.82, 2.24) is 4.98 Å². The number of aryl methyl sites for hydroxylation is 1. The van der Waals surface area contributed by atoms with Crippen LogP contribution in [0.4, 0.5) is 5.13 Å². The van der Waals surface area contributed by atoms with Gasteiger partial charge in [0.15, 0.2) is 5.13 Å². The van der Waals surface area contributed by atoms with E-state index in [4.69, 9.17) is 0 Å². The van der Waals surface area contributed by atoms with E-state index in [-0.39, 0.29) is 16.6 Å². The van der Waals surface area contributed by atoms with E-state index in [1.165, 1.54) is 7.11 Å². The van der Waals surface area contributed by atoms with Gasteiger partial charge in [0.05, 0.1) is 19.4 Å². The van der Waals surface area contributed by atoms with Crippen molar-refractivity contribution < 1.29 is 23.9 Å². The maximum Gasteiger partial charge on any atom is 0.397 e. The van der Waals surface area contributed by atoms with Crippen molar-refractivity contribution in [3.8, 4) is 0 Å². The van der Waals surface area contributed by atoms with Crippen molar-refractivity contribution in [2.24, 2.45) is 0 Å². The number of thiazole rings is 1. The molecule has 1 heterocycles. The van der Waals surface area contributed by atoms with Crippen LogP contribution in [0.15, 0.2) is 0 Å². The van der Waals surface area contributed by atoms with Crippen molar-refractivity contribution >= 4 is 34.3 Å². The molecule has 0 bridgehead atoms. The third-order valence-electron chi connectivity index (χ3n) is 1.85. The van der Waals surface area contributed by atoms with E-state index >= 15 is 0 Å². The van der Waals surface area contributed by atoms with Crippen LogP contribution in [0.1, 0.15) is 22.3 Å². The van der Waals surface area contributed by atoms with Crippen molar-refractivity contribution in [2.45, 2.75) is 13.8 Å². The molecule has 0 radical (unpaired) electrons. The highest BCUT2D eigenvalue weighted by Crippen LogP contribution is 2.23. The summed E-state index contributed by atoms with van der Waals surface area (Å²) in [6.45, 7) is 3.30. The smallest absolute Gasteiger partial charge is 0.397 e. The van der Waals surface area contributed by atoms with Crippen LogP contribution in [0.5, 0.6) is 0 Å². The number of nitrogens with one attached hydrogen (secondary N) is 1. The lowest BCUT2D eigenvalue weighted by atomic mass is 10.4. The zero-order chi connectivity index (χ0) is 13.7. The average molecular weight is 272 g/mol. The Morgan fingerprint density at radius 2 is 2.06 bits per heavy atom. The highest BCUT2D eigenvalue weighted by atomic mass is 32.1. The molecule has 98 valence electrons. The summed E-state index contributed by atoms with van der Waals surface area (Å²) in [4.78, 5) is 37.9. The van der Waals surface area contributed by atoms with Crippen molar-refractivity contribution in [2.75, 3.05) is 19.0 Å². The topological polar surface area (TPSA) is 94.6 Å². The van der Waals surface area contributed by atoms with Gasteiger partial charge in [0, 0.05) is 0 Å². The standard InChI is InChI=1S/C10H12N2O5S/c1-4-17-9(15)7(13)12-10-11-5(2)6(18-10)8(14)16-3/h4H2,1-3H3,(H,11,12,13). The number of hydrogen-bond donors (Lipinski definition) is 1. The number of esters is 2. The van der Waals surface area contributed by atoms with Gasteiger partial charge < -0.3 is 9.47 Å². The second-order valence-electron chi connectivity index (χ2n) is 3.10. The summed E-state index contributed by atoms with van der Waals surface area (Å²) < 4.78 is 9.06. The van der Waals surface area contributed by atoms with Gasteiger partial charge in [-0.2, -0.15) is 0 Å². The van der Waals surface area contributed by atoms with Gasteiger partial charge in [-0.05, 0) is 13.8 Å². The van der Waals surface area contributed by atoms with Crippen LogP contribution in [0.2, 0.25) is 0 Å². The molecule has 1 aromatic rings. The first-order valence-electron chi connectivity index (χ1n) is 5.03. The molecule has 0 saturated carbocycles. The van der Waals surface area contributed by atoms with Crippen molar-refractivity contribution in [3.05, 3.63) is 10.6 Å². The van der Waals surface area contributed by atoms with E-state index < -0.39 is 17.8 Å². The quantitative estimate of drug-likeness (QED) is 0.644. The first-order chi connectivity index (χ1) is 8.49. The van der Waals surface area contributed by atoms with Crippen molar-refractivity contribution in [1.29, 1.82) is 0 Å². The molecule has 0 atom stereocenters. The van der Waals surface area contributed by atoms with Crippen LogP contribution in [0, 0.1) is 6.92 Å². The van der Waals surface area contributed by atoms with E-state index in [9.17, 15) is 14.4 Å². The fourth-order valence-electron chi connectivity index (χ4n) is 1.08. The van der Waals surface area contributed by atoms with Gasteiger partial charge in [0.2, 0.25) is 0 Å². The number of rotatable bonds is 3. The van der Waals surface area contributed by atoms with Crippen LogP contribution in [-0.2, 0) is 19.1 Å². The van der Waals surface area contributed by atoms with Crippen LogP contribution in [-0.4, -0.2) is 36.5 Å². The zero-order valence-electron chi connectivity index (χ0n) is 10.1. The highest BCUT2D eigenvalue weighted by Gasteiger charge is 2.20. The Kier molecular flexibility index (Phi) is 4.78. The molecular formula is C10H12N2O5S. The van der Waals surface area contributed by atoms with Crippen molar-refractivity contribution in [3.63, 3.8) is 0 Å². The maximum absolute atomic E-state index is 11.3. The van der Waals surface area contributed by atoms with E-state index in [1.807, 2.05) is 0 Å². The van der Waals surface area contributed by atoms with Gasteiger partial charge >= 0.3 is 17.8 Å². The number of carbonyl (C=O) groups is 3. The summed E-state index contributed by atoms with van der Waals surface area (Å²) in [6.07, 6.45) is 0. The number of anilines is 1. The van der Waals surface area contributed by atoms with Gasteiger partial charge in [0.1, 0.15) is 4.88 Å². The first-order valence-corrected chi connectivity index (χ1v) is 5.85. The highest BCUT2D eigenvalue weighted by molar-refractivity contribution is 7.17. The molecule has 1 N–H and O–H groups in total. The zero-order valence-corrected chi connectivity index (χ0v) is 10.9. The SMILES string of the molecule is CCOC(=O)C(=O)Nc1nc(C)c(C(=O)OC)s1. The second-order valence-corrected chi connectivity index (χ2v) is 4.10. The maximum atomic E-state index is 11.3. The molecular weight excluding hydrogens is 260 g/mol. The molecule has 0 aliphatic carbocycles. The molecule has 0 spiro atoms. The normalized spacial score (nSPS) is 9.72. The van der Waals surface area contributed by atoms with Crippen LogP contribution >= 0.6 is 11.3 Å². The van der Waals surface area contributed by atoms with Crippen LogP contribution in [0.3, 0.4) is 0 Å². The lowest BCUT2D eigenvalue weighted by Gasteiger charge is -2.00. The monoisotopic (exact) mass is 272 g/mol. The van der Waals surface area contributed by atoms with Gasteiger partial charge in [-0.1, -0.05) is 11.3 Å². The molecule has 1 aromatic heterocycles. The molecule has 1 amide bonds. The summed E-state index contributed by atoms with van der Waals surface area (Å²) in [7, 11) is 1.25. The molecule has 0 fully saturated rings. The Morgan fingerprint density at radius 3 is 2.61 bits per heavy atom. The molecule has 0 unspecified atom stereocenters. The minimum Gasteiger partial charge on any atom is -0.465 e. The number of ether oxygens (including phenoxy) is 2. The van der Waals surface area contributed by atoms with Crippen LogP contribution in [0.25, 0.3) is 0 Å². The second kappa shape index (κ2) is 6.10. The van der Waals surface area contributed by atoms with Gasteiger partial charge in [0.25, 0.3) is 0 Å². The molecule has 0 aromatic carbocycles.